The van der Waals surface area contributed by atoms with Crippen LogP contribution in [0.5, 0.6) is 0 Å². The first kappa shape index (κ1) is 22.8. The van der Waals surface area contributed by atoms with E-state index in [-0.39, 0.29) is 45.1 Å². The van der Waals surface area contributed by atoms with Crippen molar-refractivity contribution < 1.29 is 39.5 Å². The zero-order chi connectivity index (χ0) is 4.50. The SMILES string of the molecule is C.O=P(O)(O)O.[AlH3].[H-].[Li+]. The molecule has 4 nitrogen and oxygen atoms in total. The van der Waals surface area contributed by atoms with Gasteiger partial charge in [-0.2, -0.15) is 0 Å². The number of hydrogen-bond donors (Lipinski definition) is 3. The van der Waals surface area contributed by atoms with Crippen LogP contribution in [0.2, 0.25) is 0 Å². The quantitative estimate of drug-likeness (QED) is 0.242. The molecule has 0 unspecified atom stereocenters. The maximum Gasteiger partial charge on any atom is 1.00 e. The van der Waals surface area contributed by atoms with Crippen LogP contribution in [0.4, 0.5) is 0 Å². The molecule has 0 heterocycles. The molecule has 0 fully saturated rings. The van der Waals surface area contributed by atoms with Crippen LogP contribution in [0.25, 0.3) is 0 Å². The van der Waals surface area contributed by atoms with Gasteiger partial charge in [-0.25, -0.2) is 4.57 Å². The van der Waals surface area contributed by atoms with Crippen molar-refractivity contribution >= 4 is 25.2 Å². The van der Waals surface area contributed by atoms with Crippen molar-refractivity contribution in [1.82, 2.24) is 0 Å². The fourth-order valence-corrected chi connectivity index (χ4v) is 0. The molecule has 0 aromatic heterocycles. The minimum atomic E-state index is -4.64. The predicted molar refractivity (Wildman–Crippen MR) is 32.0 cm³/mol. The first-order valence-electron chi connectivity index (χ1n) is 0.783. The molecule has 0 aromatic rings. The van der Waals surface area contributed by atoms with Crippen molar-refractivity contribution in [2.75, 3.05) is 0 Å². The molecule has 7 heteroatoms. The summed E-state index contributed by atoms with van der Waals surface area (Å²) in [5, 5.41) is 0. The van der Waals surface area contributed by atoms with Crippen LogP contribution in [-0.4, -0.2) is 32.0 Å². The summed E-state index contributed by atoms with van der Waals surface area (Å²) >= 11 is 0. The smallest absolute Gasteiger partial charge is 1.00 e. The van der Waals surface area contributed by atoms with Gasteiger partial charge in [0.25, 0.3) is 0 Å². The van der Waals surface area contributed by atoms with E-state index >= 15 is 0 Å². The minimum absolute atomic E-state index is 0. The van der Waals surface area contributed by atoms with Crippen LogP contribution in [0, 0.1) is 0 Å². The second kappa shape index (κ2) is 8.24. The largest absolute Gasteiger partial charge is 1.00 e. The standard InChI is InChI=1S/CH4.Al.Li.H3O4P.4H/c;;;1-5(2,3)4;;;;/h1H4;;;(H3,1,2,3,4);;;;/q;;+1;;;;;-1. The summed E-state index contributed by atoms with van der Waals surface area (Å²) in [5.74, 6) is 0. The minimum Gasteiger partial charge on any atom is -1.00 e. The van der Waals surface area contributed by atoms with E-state index in [1.807, 2.05) is 0 Å². The summed E-state index contributed by atoms with van der Waals surface area (Å²) in [6.45, 7) is 0. The van der Waals surface area contributed by atoms with Gasteiger partial charge in [0.15, 0.2) is 17.4 Å². The third-order valence-corrected chi connectivity index (χ3v) is 0. The van der Waals surface area contributed by atoms with E-state index in [0.29, 0.717) is 0 Å². The van der Waals surface area contributed by atoms with Gasteiger partial charge >= 0.3 is 26.7 Å². The molecule has 0 amide bonds. The van der Waals surface area contributed by atoms with Crippen LogP contribution in [-0.2, 0) is 4.57 Å². The molecule has 0 aromatic carbocycles. The molecule has 48 valence electrons. The molecule has 0 saturated carbocycles. The van der Waals surface area contributed by atoms with Crippen LogP contribution in [0.3, 0.4) is 0 Å². The normalized spacial score (nSPS) is 7.38. The summed E-state index contributed by atoms with van der Waals surface area (Å²) < 4.78 is 8.88. The van der Waals surface area contributed by atoms with Gasteiger partial charge in [-0.15, -0.1) is 0 Å². The zero-order valence-corrected chi connectivity index (χ0v) is 4.09. The van der Waals surface area contributed by atoms with Gasteiger partial charge in [-0.05, 0) is 0 Å². The Kier molecular flexibility index (Phi) is 23.5. The Balaban J connectivity index is -0.0000000133. The van der Waals surface area contributed by atoms with Crippen molar-refractivity contribution in [1.29, 1.82) is 0 Å². The molecular formula is CH11AlLiO4P. The van der Waals surface area contributed by atoms with E-state index in [1.165, 1.54) is 0 Å². The predicted octanol–water partition coefficient (Wildman–Crippen LogP) is -4.36. The van der Waals surface area contributed by atoms with E-state index in [1.54, 1.807) is 0 Å². The van der Waals surface area contributed by atoms with Crippen molar-refractivity contribution in [3.8, 4) is 0 Å². The molecule has 0 bridgehead atoms. The topological polar surface area (TPSA) is 77.8 Å². The molecule has 0 aliphatic heterocycles. The van der Waals surface area contributed by atoms with Crippen LogP contribution in [0.1, 0.15) is 8.85 Å². The van der Waals surface area contributed by atoms with Crippen molar-refractivity contribution in [2.24, 2.45) is 0 Å². The average Bonchev–Trinajstić information content (AvgIpc) is 0.722. The Bertz CT molecular complexity index is 66.7. The molecule has 8 heavy (non-hydrogen) atoms. The molecule has 0 aliphatic carbocycles. The Morgan fingerprint density at radius 1 is 1.25 bits per heavy atom. The van der Waals surface area contributed by atoms with Crippen LogP contribution >= 0.6 is 7.82 Å². The Hall–Kier alpha value is 1.24. The van der Waals surface area contributed by atoms with E-state index in [0.717, 1.165) is 0 Å². The van der Waals surface area contributed by atoms with Crippen molar-refractivity contribution in [3.05, 3.63) is 0 Å². The van der Waals surface area contributed by atoms with Gasteiger partial charge in [0.2, 0.25) is 0 Å². The van der Waals surface area contributed by atoms with Crippen LogP contribution in [0.15, 0.2) is 0 Å². The Labute approximate surface area is 72.3 Å². The second-order valence-corrected chi connectivity index (χ2v) is 1.54. The molecule has 0 spiro atoms. The van der Waals surface area contributed by atoms with E-state index in [4.69, 9.17) is 19.2 Å². The van der Waals surface area contributed by atoms with E-state index in [9.17, 15) is 0 Å². The fraction of sp³-hybridized carbons (Fsp3) is 1.00. The van der Waals surface area contributed by atoms with Gasteiger partial charge in [0.05, 0.1) is 0 Å². The monoisotopic (exact) mass is 152 g/mol. The fourth-order valence-electron chi connectivity index (χ4n) is 0. The molecular weight excluding hydrogens is 141 g/mol. The van der Waals surface area contributed by atoms with Gasteiger partial charge in [-0.1, -0.05) is 7.43 Å². The first-order chi connectivity index (χ1) is 2.00. The maximum absolute atomic E-state index is 8.88. The molecule has 0 saturated heterocycles. The van der Waals surface area contributed by atoms with E-state index < -0.39 is 7.82 Å². The van der Waals surface area contributed by atoms with Gasteiger partial charge in [0, 0.05) is 0 Å². The van der Waals surface area contributed by atoms with Crippen molar-refractivity contribution in [3.63, 3.8) is 0 Å². The molecule has 0 radical (unpaired) electrons. The van der Waals surface area contributed by atoms with Crippen molar-refractivity contribution in [2.45, 2.75) is 7.43 Å². The summed E-state index contributed by atoms with van der Waals surface area (Å²) in [7, 11) is -4.64. The summed E-state index contributed by atoms with van der Waals surface area (Å²) in [6, 6.07) is 0. The maximum atomic E-state index is 8.88. The second-order valence-electron chi connectivity index (χ2n) is 0.513. The van der Waals surface area contributed by atoms with Gasteiger partial charge < -0.3 is 16.1 Å². The van der Waals surface area contributed by atoms with Gasteiger partial charge in [0.1, 0.15) is 0 Å². The molecule has 0 atom stereocenters. The third-order valence-electron chi connectivity index (χ3n) is 0. The summed E-state index contributed by atoms with van der Waals surface area (Å²) in [5.41, 5.74) is 0. The third kappa shape index (κ3) is 183. The Morgan fingerprint density at radius 2 is 1.25 bits per heavy atom. The Morgan fingerprint density at radius 3 is 1.25 bits per heavy atom. The average molecular weight is 152 g/mol. The summed E-state index contributed by atoms with van der Waals surface area (Å²) in [6.07, 6.45) is 0. The zero-order valence-electron chi connectivity index (χ0n) is 4.20. The molecule has 3 N–H and O–H groups in total. The number of rotatable bonds is 0. The van der Waals surface area contributed by atoms with Gasteiger partial charge in [-0.3, -0.25) is 0 Å². The first-order valence-corrected chi connectivity index (χ1v) is 2.35. The molecule has 0 aliphatic rings. The van der Waals surface area contributed by atoms with E-state index in [2.05, 4.69) is 0 Å². The number of phosphoric acid groups is 1. The van der Waals surface area contributed by atoms with Crippen LogP contribution < -0.4 is 18.9 Å². The molecule has 0 rings (SSSR count). The summed E-state index contributed by atoms with van der Waals surface area (Å²) in [4.78, 5) is 21.6. The number of hydrogen-bond acceptors (Lipinski definition) is 1.